The zero-order valence-corrected chi connectivity index (χ0v) is 11.4. The second-order valence-corrected chi connectivity index (χ2v) is 6.66. The molecule has 1 aliphatic rings. The van der Waals surface area contributed by atoms with Crippen molar-refractivity contribution in [1.82, 2.24) is 4.31 Å². The van der Waals surface area contributed by atoms with Crippen LogP contribution in [0.3, 0.4) is 0 Å². The van der Waals surface area contributed by atoms with Crippen molar-refractivity contribution in [1.29, 1.82) is 0 Å². The third-order valence-electron chi connectivity index (χ3n) is 3.35. The number of rotatable bonds is 3. The highest BCUT2D eigenvalue weighted by molar-refractivity contribution is 7.89. The fraction of sp³-hybridized carbons (Fsp3) is 0.417. The first-order valence-electron chi connectivity index (χ1n) is 5.94. The third kappa shape index (κ3) is 2.53. The molecule has 2 unspecified atom stereocenters. The Morgan fingerprint density at radius 3 is 2.35 bits per heavy atom. The molecule has 0 spiro atoms. The molecule has 20 heavy (non-hydrogen) atoms. The molecule has 0 bridgehead atoms. The lowest BCUT2D eigenvalue weighted by Gasteiger charge is -2.22. The van der Waals surface area contributed by atoms with Crippen molar-refractivity contribution in [3.8, 4) is 0 Å². The fourth-order valence-corrected chi connectivity index (χ4v) is 4.10. The summed E-state index contributed by atoms with van der Waals surface area (Å²) in [4.78, 5) is 10.6. The average Bonchev–Trinajstić information content (AvgIpc) is 2.70. The summed E-state index contributed by atoms with van der Waals surface area (Å²) in [7, 11) is -4.24. The summed E-state index contributed by atoms with van der Waals surface area (Å²) in [6, 6.07) is 0.701. The second kappa shape index (κ2) is 5.10. The van der Waals surface area contributed by atoms with Crippen LogP contribution in [0.1, 0.15) is 13.3 Å². The molecule has 0 saturated carbocycles. The van der Waals surface area contributed by atoms with Gasteiger partial charge in [-0.2, -0.15) is 4.31 Å². The summed E-state index contributed by atoms with van der Waals surface area (Å²) in [5.41, 5.74) is 0. The minimum atomic E-state index is -4.24. The predicted molar refractivity (Wildman–Crippen MR) is 65.5 cm³/mol. The maximum atomic E-state index is 13.1. The van der Waals surface area contributed by atoms with Crippen LogP contribution in [0, 0.1) is 17.6 Å². The van der Waals surface area contributed by atoms with E-state index in [-0.39, 0.29) is 12.5 Å². The molecule has 1 fully saturated rings. The summed E-state index contributed by atoms with van der Waals surface area (Å²) >= 11 is 0. The van der Waals surface area contributed by atoms with Crippen LogP contribution in [0.4, 0.5) is 8.78 Å². The Morgan fingerprint density at radius 1 is 1.30 bits per heavy atom. The van der Waals surface area contributed by atoms with Gasteiger partial charge in [0, 0.05) is 12.6 Å². The molecule has 0 aliphatic carbocycles. The van der Waals surface area contributed by atoms with Crippen LogP contribution in [0.15, 0.2) is 23.1 Å². The topological polar surface area (TPSA) is 74.7 Å². The number of hydrogen-bond acceptors (Lipinski definition) is 3. The van der Waals surface area contributed by atoms with Crippen LogP contribution >= 0.6 is 0 Å². The van der Waals surface area contributed by atoms with Gasteiger partial charge in [-0.3, -0.25) is 4.79 Å². The molecule has 0 aromatic heterocycles. The van der Waals surface area contributed by atoms with Crippen molar-refractivity contribution in [2.75, 3.05) is 6.54 Å². The SMILES string of the molecule is CC1CCN(S(=O)(=O)c2cc(F)cc(F)c2)C1C(=O)O. The van der Waals surface area contributed by atoms with Crippen LogP contribution in [0.25, 0.3) is 0 Å². The van der Waals surface area contributed by atoms with Gasteiger partial charge in [0.1, 0.15) is 17.7 Å². The minimum absolute atomic E-state index is 0.0125. The zero-order valence-electron chi connectivity index (χ0n) is 10.6. The first kappa shape index (κ1) is 14.9. The van der Waals surface area contributed by atoms with Crippen molar-refractivity contribution in [3.05, 3.63) is 29.8 Å². The van der Waals surface area contributed by atoms with Crippen molar-refractivity contribution < 1.29 is 27.1 Å². The Bertz CT molecular complexity index is 627. The lowest BCUT2D eigenvalue weighted by Crippen LogP contribution is -2.42. The molecule has 8 heteroatoms. The maximum absolute atomic E-state index is 13.1. The van der Waals surface area contributed by atoms with Crippen LogP contribution in [0.2, 0.25) is 0 Å². The standard InChI is InChI=1S/C12H13F2NO4S/c1-7-2-3-15(11(7)12(16)17)20(18,19)10-5-8(13)4-9(14)6-10/h4-7,11H,2-3H2,1H3,(H,16,17). The van der Waals surface area contributed by atoms with Gasteiger partial charge in [0.05, 0.1) is 4.90 Å². The van der Waals surface area contributed by atoms with Crippen LogP contribution in [-0.4, -0.2) is 36.4 Å². The lowest BCUT2D eigenvalue weighted by atomic mass is 10.0. The zero-order chi connectivity index (χ0) is 15.1. The van der Waals surface area contributed by atoms with Gasteiger partial charge < -0.3 is 5.11 Å². The molecule has 1 aliphatic heterocycles. The van der Waals surface area contributed by atoms with E-state index in [1.807, 2.05) is 0 Å². The molecule has 110 valence electrons. The molecule has 5 nitrogen and oxygen atoms in total. The van der Waals surface area contributed by atoms with Crippen LogP contribution < -0.4 is 0 Å². The minimum Gasteiger partial charge on any atom is -0.480 e. The highest BCUT2D eigenvalue weighted by atomic mass is 32.2. The summed E-state index contributed by atoms with van der Waals surface area (Å²) in [6.07, 6.45) is 0.383. The van der Waals surface area contributed by atoms with Gasteiger partial charge in [-0.1, -0.05) is 6.92 Å². The van der Waals surface area contributed by atoms with Gasteiger partial charge in [-0.25, -0.2) is 17.2 Å². The van der Waals surface area contributed by atoms with E-state index in [1.54, 1.807) is 6.92 Å². The van der Waals surface area contributed by atoms with Gasteiger partial charge in [0.2, 0.25) is 10.0 Å². The summed E-state index contributed by atoms with van der Waals surface area (Å²) in [5.74, 6) is -3.68. The van der Waals surface area contributed by atoms with Crippen LogP contribution in [-0.2, 0) is 14.8 Å². The fourth-order valence-electron chi connectivity index (χ4n) is 2.36. The third-order valence-corrected chi connectivity index (χ3v) is 5.21. The molecule has 2 atom stereocenters. The van der Waals surface area contributed by atoms with E-state index in [2.05, 4.69) is 0 Å². The van der Waals surface area contributed by atoms with E-state index in [4.69, 9.17) is 5.11 Å². The van der Waals surface area contributed by atoms with Crippen molar-refractivity contribution in [2.45, 2.75) is 24.3 Å². The largest absolute Gasteiger partial charge is 0.480 e. The number of halogens is 2. The smallest absolute Gasteiger partial charge is 0.322 e. The Hall–Kier alpha value is -1.54. The Labute approximate surface area is 114 Å². The van der Waals surface area contributed by atoms with Gasteiger partial charge in [-0.15, -0.1) is 0 Å². The van der Waals surface area contributed by atoms with Gasteiger partial charge in [0.15, 0.2) is 0 Å². The molecule has 1 heterocycles. The summed E-state index contributed by atoms with van der Waals surface area (Å²) < 4.78 is 51.7. The molecule has 1 saturated heterocycles. The Morgan fingerprint density at radius 2 is 1.85 bits per heavy atom. The molecular formula is C12H13F2NO4S. The monoisotopic (exact) mass is 305 g/mol. The first-order valence-corrected chi connectivity index (χ1v) is 7.38. The van der Waals surface area contributed by atoms with Gasteiger partial charge in [0.25, 0.3) is 0 Å². The lowest BCUT2D eigenvalue weighted by molar-refractivity contribution is -0.141. The van der Waals surface area contributed by atoms with E-state index >= 15 is 0 Å². The number of carbonyl (C=O) groups is 1. The quantitative estimate of drug-likeness (QED) is 0.917. The number of aliphatic carboxylic acids is 1. The van der Waals surface area contributed by atoms with E-state index in [0.717, 1.165) is 4.31 Å². The molecule has 2 rings (SSSR count). The van der Waals surface area contributed by atoms with Crippen molar-refractivity contribution >= 4 is 16.0 Å². The van der Waals surface area contributed by atoms with Crippen molar-refractivity contribution in [2.24, 2.45) is 5.92 Å². The highest BCUT2D eigenvalue weighted by Crippen LogP contribution is 2.30. The molecular weight excluding hydrogens is 292 g/mol. The molecule has 1 N–H and O–H groups in total. The number of hydrogen-bond donors (Lipinski definition) is 1. The summed E-state index contributed by atoms with van der Waals surface area (Å²) in [6.45, 7) is 1.64. The number of carboxylic acids is 1. The predicted octanol–water partition coefficient (Wildman–Crippen LogP) is 1.45. The number of carboxylic acid groups (broad SMARTS) is 1. The van der Waals surface area contributed by atoms with Crippen molar-refractivity contribution in [3.63, 3.8) is 0 Å². The Kier molecular flexibility index (Phi) is 3.79. The highest BCUT2D eigenvalue weighted by Gasteiger charge is 2.44. The van der Waals surface area contributed by atoms with E-state index in [1.165, 1.54) is 0 Å². The van der Waals surface area contributed by atoms with Gasteiger partial charge in [-0.05, 0) is 24.5 Å². The average molecular weight is 305 g/mol. The number of nitrogens with zero attached hydrogens (tertiary/aromatic N) is 1. The van der Waals surface area contributed by atoms with E-state index in [0.29, 0.717) is 24.6 Å². The number of sulfonamides is 1. The van der Waals surface area contributed by atoms with E-state index in [9.17, 15) is 22.0 Å². The Balaban J connectivity index is 2.47. The second-order valence-electron chi connectivity index (χ2n) is 4.77. The maximum Gasteiger partial charge on any atom is 0.322 e. The van der Waals surface area contributed by atoms with Gasteiger partial charge >= 0.3 is 5.97 Å². The molecule has 1 aromatic rings. The van der Waals surface area contributed by atoms with E-state index < -0.39 is 38.6 Å². The summed E-state index contributed by atoms with van der Waals surface area (Å²) in [5, 5.41) is 9.12. The normalized spacial score (nSPS) is 23.9. The molecule has 1 aromatic carbocycles. The van der Waals surface area contributed by atoms with Crippen LogP contribution in [0.5, 0.6) is 0 Å². The molecule has 0 radical (unpaired) electrons. The molecule has 0 amide bonds. The number of benzene rings is 1. The first-order chi connectivity index (χ1) is 9.23.